The number of aromatic nitrogens is 4. The van der Waals surface area contributed by atoms with Crippen LogP contribution in [-0.4, -0.2) is 25.9 Å². The van der Waals surface area contributed by atoms with Crippen LogP contribution >= 0.6 is 22.9 Å². The number of halogens is 1. The van der Waals surface area contributed by atoms with Crippen LogP contribution in [0.25, 0.3) is 10.6 Å². The van der Waals surface area contributed by atoms with Crippen molar-refractivity contribution in [3.05, 3.63) is 39.5 Å². The summed E-state index contributed by atoms with van der Waals surface area (Å²) in [5.41, 5.74) is 3.63. The summed E-state index contributed by atoms with van der Waals surface area (Å²) in [6.07, 6.45) is 0.331. The van der Waals surface area contributed by atoms with Gasteiger partial charge in [0.1, 0.15) is 5.15 Å². The standard InChI is InChI=1S/C15H14ClN5OS/c1-7-11(14(16)21(2)20-7)8-6-10(22)17-15-12(8)13(18-19-15)9-4-3-5-23-9/h3-5,8H,6H2,1-2H3,(H2,17,18,19,22). The van der Waals surface area contributed by atoms with E-state index in [-0.39, 0.29) is 11.8 Å². The Balaban J connectivity index is 1.94. The molecule has 0 aromatic carbocycles. The van der Waals surface area contributed by atoms with Crippen molar-refractivity contribution in [3.8, 4) is 10.6 Å². The molecule has 0 aliphatic carbocycles. The Bertz CT molecular complexity index is 896. The molecule has 4 rings (SSSR count). The number of amides is 1. The molecular weight excluding hydrogens is 334 g/mol. The monoisotopic (exact) mass is 347 g/mol. The van der Waals surface area contributed by atoms with Gasteiger partial charge in [0.15, 0.2) is 5.82 Å². The number of hydrogen-bond donors (Lipinski definition) is 2. The van der Waals surface area contributed by atoms with Crippen molar-refractivity contribution >= 4 is 34.7 Å². The maximum Gasteiger partial charge on any atom is 0.226 e. The summed E-state index contributed by atoms with van der Waals surface area (Å²) in [6.45, 7) is 1.91. The van der Waals surface area contributed by atoms with Crippen molar-refractivity contribution in [2.24, 2.45) is 7.05 Å². The second-order valence-electron chi connectivity index (χ2n) is 5.56. The normalized spacial score (nSPS) is 17.2. The van der Waals surface area contributed by atoms with E-state index in [4.69, 9.17) is 11.6 Å². The molecule has 118 valence electrons. The fourth-order valence-electron chi connectivity index (χ4n) is 3.15. The molecule has 2 N–H and O–H groups in total. The molecule has 3 aromatic heterocycles. The van der Waals surface area contributed by atoms with Crippen molar-refractivity contribution in [2.75, 3.05) is 5.32 Å². The number of aryl methyl sites for hydroxylation is 2. The Morgan fingerprint density at radius 3 is 2.91 bits per heavy atom. The van der Waals surface area contributed by atoms with E-state index in [1.807, 2.05) is 24.4 Å². The highest BCUT2D eigenvalue weighted by Gasteiger charge is 2.35. The van der Waals surface area contributed by atoms with Crippen molar-refractivity contribution in [2.45, 2.75) is 19.3 Å². The molecule has 0 saturated heterocycles. The molecule has 1 atom stereocenters. The molecule has 1 unspecified atom stereocenters. The lowest BCUT2D eigenvalue weighted by Gasteiger charge is -2.23. The maximum atomic E-state index is 12.1. The summed E-state index contributed by atoms with van der Waals surface area (Å²) in [5.74, 6) is 0.357. The van der Waals surface area contributed by atoms with Crippen LogP contribution in [0, 0.1) is 6.92 Å². The van der Waals surface area contributed by atoms with E-state index in [2.05, 4.69) is 20.6 Å². The number of hydrogen-bond acceptors (Lipinski definition) is 4. The second-order valence-corrected chi connectivity index (χ2v) is 6.86. The zero-order valence-electron chi connectivity index (χ0n) is 12.6. The van der Waals surface area contributed by atoms with E-state index < -0.39 is 0 Å². The quantitative estimate of drug-likeness (QED) is 0.746. The van der Waals surface area contributed by atoms with Crippen molar-refractivity contribution in [1.29, 1.82) is 0 Å². The zero-order valence-corrected chi connectivity index (χ0v) is 14.1. The number of fused-ring (bicyclic) bond motifs is 1. The lowest BCUT2D eigenvalue weighted by molar-refractivity contribution is -0.116. The van der Waals surface area contributed by atoms with Gasteiger partial charge in [-0.05, 0) is 18.4 Å². The first-order chi connectivity index (χ1) is 11.1. The molecule has 1 aliphatic rings. The number of anilines is 1. The number of aromatic amines is 1. The summed E-state index contributed by atoms with van der Waals surface area (Å²) in [5, 5.41) is 17.1. The first-order valence-electron chi connectivity index (χ1n) is 7.17. The molecule has 0 bridgehead atoms. The van der Waals surface area contributed by atoms with Gasteiger partial charge < -0.3 is 5.32 Å². The van der Waals surface area contributed by atoms with Gasteiger partial charge in [-0.3, -0.25) is 14.6 Å². The predicted molar refractivity (Wildman–Crippen MR) is 89.9 cm³/mol. The Labute approximate surface area is 141 Å². The van der Waals surface area contributed by atoms with E-state index in [9.17, 15) is 4.79 Å². The first kappa shape index (κ1) is 14.5. The number of carbonyl (C=O) groups is 1. The molecule has 23 heavy (non-hydrogen) atoms. The van der Waals surface area contributed by atoms with Crippen LogP contribution in [0.5, 0.6) is 0 Å². The van der Waals surface area contributed by atoms with E-state index in [1.165, 1.54) is 0 Å². The van der Waals surface area contributed by atoms with Crippen molar-refractivity contribution < 1.29 is 4.79 Å². The first-order valence-corrected chi connectivity index (χ1v) is 8.43. The molecule has 0 fully saturated rings. The van der Waals surface area contributed by atoms with Crippen LogP contribution in [-0.2, 0) is 11.8 Å². The van der Waals surface area contributed by atoms with Crippen LogP contribution in [0.4, 0.5) is 5.82 Å². The van der Waals surface area contributed by atoms with E-state index in [1.54, 1.807) is 23.1 Å². The van der Waals surface area contributed by atoms with E-state index >= 15 is 0 Å². The molecule has 0 spiro atoms. The van der Waals surface area contributed by atoms with Gasteiger partial charge in [0, 0.05) is 30.5 Å². The highest BCUT2D eigenvalue weighted by atomic mass is 35.5. The van der Waals surface area contributed by atoms with Gasteiger partial charge in [0.25, 0.3) is 0 Å². The summed E-state index contributed by atoms with van der Waals surface area (Å²) in [4.78, 5) is 13.2. The molecule has 3 aromatic rings. The molecule has 1 aliphatic heterocycles. The zero-order chi connectivity index (χ0) is 16.1. The Morgan fingerprint density at radius 1 is 1.43 bits per heavy atom. The largest absolute Gasteiger partial charge is 0.309 e. The minimum absolute atomic E-state index is 0.0638. The van der Waals surface area contributed by atoms with Crippen LogP contribution < -0.4 is 5.32 Å². The molecule has 0 radical (unpaired) electrons. The number of nitrogens with one attached hydrogen (secondary N) is 2. The van der Waals surface area contributed by atoms with E-state index in [0.29, 0.717) is 17.4 Å². The van der Waals surface area contributed by atoms with Crippen LogP contribution in [0.1, 0.15) is 29.2 Å². The number of nitrogens with zero attached hydrogens (tertiary/aromatic N) is 3. The van der Waals surface area contributed by atoms with Gasteiger partial charge >= 0.3 is 0 Å². The highest BCUT2D eigenvalue weighted by Crippen LogP contribution is 2.45. The van der Waals surface area contributed by atoms with Gasteiger partial charge in [0.05, 0.1) is 16.3 Å². The molecule has 8 heteroatoms. The average molecular weight is 348 g/mol. The predicted octanol–water partition coefficient (Wildman–Crippen LogP) is 3.31. The molecule has 6 nitrogen and oxygen atoms in total. The molecular formula is C15H14ClN5OS. The minimum Gasteiger partial charge on any atom is -0.309 e. The van der Waals surface area contributed by atoms with Crippen LogP contribution in [0.2, 0.25) is 5.15 Å². The Morgan fingerprint density at radius 2 is 2.26 bits per heavy atom. The number of rotatable bonds is 2. The molecule has 4 heterocycles. The third-order valence-electron chi connectivity index (χ3n) is 4.11. The smallest absolute Gasteiger partial charge is 0.226 e. The van der Waals surface area contributed by atoms with Gasteiger partial charge in [-0.15, -0.1) is 11.3 Å². The second kappa shape index (κ2) is 5.21. The third kappa shape index (κ3) is 2.19. The van der Waals surface area contributed by atoms with Crippen LogP contribution in [0.15, 0.2) is 17.5 Å². The fraction of sp³-hybridized carbons (Fsp3) is 0.267. The summed E-state index contributed by atoms with van der Waals surface area (Å²) < 4.78 is 1.64. The Hall–Kier alpha value is -2.12. The third-order valence-corrected chi connectivity index (χ3v) is 5.45. The summed E-state index contributed by atoms with van der Waals surface area (Å²) in [7, 11) is 1.80. The number of carbonyl (C=O) groups excluding carboxylic acids is 1. The fourth-order valence-corrected chi connectivity index (χ4v) is 4.19. The van der Waals surface area contributed by atoms with Gasteiger partial charge in [-0.2, -0.15) is 10.2 Å². The SMILES string of the molecule is Cc1nn(C)c(Cl)c1C1CC(=O)Nc2n[nH]c(-c3cccs3)c21. The number of thiophene rings is 1. The van der Waals surface area contributed by atoms with Crippen molar-refractivity contribution in [1.82, 2.24) is 20.0 Å². The molecule has 1 amide bonds. The van der Waals surface area contributed by atoms with Gasteiger partial charge in [-0.1, -0.05) is 17.7 Å². The summed E-state index contributed by atoms with van der Waals surface area (Å²) in [6, 6.07) is 4.02. The molecule has 0 saturated carbocycles. The van der Waals surface area contributed by atoms with E-state index in [0.717, 1.165) is 27.4 Å². The lowest BCUT2D eigenvalue weighted by atomic mass is 9.85. The van der Waals surface area contributed by atoms with Crippen LogP contribution in [0.3, 0.4) is 0 Å². The topological polar surface area (TPSA) is 75.6 Å². The lowest BCUT2D eigenvalue weighted by Crippen LogP contribution is -2.23. The van der Waals surface area contributed by atoms with Gasteiger partial charge in [-0.25, -0.2) is 0 Å². The summed E-state index contributed by atoms with van der Waals surface area (Å²) >= 11 is 8.07. The minimum atomic E-state index is -0.157. The number of H-pyrrole nitrogens is 1. The van der Waals surface area contributed by atoms with Gasteiger partial charge in [0.2, 0.25) is 5.91 Å². The highest BCUT2D eigenvalue weighted by molar-refractivity contribution is 7.13. The van der Waals surface area contributed by atoms with Crippen molar-refractivity contribution in [3.63, 3.8) is 0 Å². The average Bonchev–Trinajstić information content (AvgIpc) is 3.19. The maximum absolute atomic E-state index is 12.1. The Kier molecular flexibility index (Phi) is 3.28.